The Morgan fingerprint density at radius 3 is 1.89 bits per heavy atom. The van der Waals surface area contributed by atoms with Crippen molar-refractivity contribution < 1.29 is 21.5 Å². The number of allylic oxidation sites excluding steroid dienone is 1. The number of hydrogen-bond acceptors (Lipinski definition) is 0. The summed E-state index contributed by atoms with van der Waals surface area (Å²) in [5, 5.41) is 0. The number of nitrogens with zero attached hydrogens (tertiary/aromatic N) is 1. The topological polar surface area (TPSA) is 0 Å². The first-order valence-corrected chi connectivity index (χ1v) is 11.7. The van der Waals surface area contributed by atoms with Gasteiger partial charge in [0.25, 0.3) is 0 Å². The normalized spacial score (nSPS) is 11.7. The molecule has 0 aliphatic rings. The summed E-state index contributed by atoms with van der Waals surface area (Å²) in [6, 6.07) is 10.9. The monoisotopic (exact) mass is 451 g/mol. The molecule has 1 aromatic carbocycles. The molecule has 1 aromatic rings. The third-order valence-corrected chi connectivity index (χ3v) is 5.53. The van der Waals surface area contributed by atoms with Crippen molar-refractivity contribution in [3.8, 4) is 0 Å². The van der Waals surface area contributed by atoms with Crippen LogP contribution in [0.1, 0.15) is 96.0 Å². The van der Waals surface area contributed by atoms with Gasteiger partial charge < -0.3 is 21.5 Å². The van der Waals surface area contributed by atoms with Gasteiger partial charge >= 0.3 is 0 Å². The van der Waals surface area contributed by atoms with Gasteiger partial charge in [0.1, 0.15) is 0 Å². The van der Waals surface area contributed by atoms with Crippen molar-refractivity contribution in [1.29, 1.82) is 0 Å². The Morgan fingerprint density at radius 1 is 0.714 bits per heavy atom. The lowest BCUT2D eigenvalue weighted by Gasteiger charge is -2.25. The maximum Gasteiger partial charge on any atom is 0.0913 e. The van der Waals surface area contributed by atoms with E-state index in [1.807, 2.05) is 0 Å². The van der Waals surface area contributed by atoms with Crippen LogP contribution in [0.3, 0.4) is 0 Å². The van der Waals surface area contributed by atoms with Crippen molar-refractivity contribution in [1.82, 2.24) is 0 Å². The molecule has 0 heterocycles. The Labute approximate surface area is 187 Å². The van der Waals surface area contributed by atoms with E-state index in [4.69, 9.17) is 0 Å². The Morgan fingerprint density at radius 2 is 1.29 bits per heavy atom. The highest BCUT2D eigenvalue weighted by Gasteiger charge is 2.09. The molecule has 0 fully saturated rings. The lowest BCUT2D eigenvalue weighted by atomic mass is 10.1. The number of aryl methyl sites for hydroxylation is 1. The summed E-state index contributed by atoms with van der Waals surface area (Å²) in [7, 11) is 4.66. The zero-order valence-electron chi connectivity index (χ0n) is 19.0. The highest BCUT2D eigenvalue weighted by Crippen LogP contribution is 2.12. The van der Waals surface area contributed by atoms with Crippen LogP contribution >= 0.6 is 0 Å². The number of quaternary nitrogens is 1. The fourth-order valence-corrected chi connectivity index (χ4v) is 3.68. The fourth-order valence-electron chi connectivity index (χ4n) is 3.68. The van der Waals surface area contributed by atoms with Crippen molar-refractivity contribution >= 4 is 0 Å². The molecule has 0 amide bonds. The number of unbranched alkanes of at least 4 members (excludes halogenated alkanes) is 11. The van der Waals surface area contributed by atoms with Crippen molar-refractivity contribution in [3.63, 3.8) is 0 Å². The molecule has 0 saturated carbocycles. The van der Waals surface area contributed by atoms with Crippen LogP contribution in [0, 0.1) is 0 Å². The van der Waals surface area contributed by atoms with Crippen LogP contribution in [0.4, 0.5) is 0 Å². The summed E-state index contributed by atoms with van der Waals surface area (Å²) < 4.78 is 1.02. The summed E-state index contributed by atoms with van der Waals surface area (Å²) in [6.45, 7) is 3.53. The summed E-state index contributed by atoms with van der Waals surface area (Å²) >= 11 is 0. The predicted octanol–water partition coefficient (Wildman–Crippen LogP) is 4.91. The standard InChI is InChI=1S/C26H46N.BrH/c1-4-5-6-7-8-9-10-11-12-13-14-19-24-27(2,3)25-20-18-23-26-21-16-15-17-22-26;/h15-17,19,21-22,24H,4-14,18,20,23,25H2,1-3H3;1H/q+1;/p-1. The van der Waals surface area contributed by atoms with Gasteiger partial charge in [-0.2, -0.15) is 0 Å². The van der Waals surface area contributed by atoms with Gasteiger partial charge in [0.2, 0.25) is 0 Å². The average molecular weight is 453 g/mol. The smallest absolute Gasteiger partial charge is 0.0913 e. The lowest BCUT2D eigenvalue weighted by molar-refractivity contribution is -0.839. The van der Waals surface area contributed by atoms with Crippen LogP contribution < -0.4 is 17.0 Å². The second-order valence-electron chi connectivity index (χ2n) is 8.80. The molecular weight excluding hydrogens is 406 g/mol. The quantitative estimate of drug-likeness (QED) is 0.233. The van der Waals surface area contributed by atoms with Gasteiger partial charge in [-0.15, -0.1) is 0 Å². The van der Waals surface area contributed by atoms with Gasteiger partial charge in [-0.25, -0.2) is 0 Å². The molecule has 1 nitrogen and oxygen atoms in total. The highest BCUT2D eigenvalue weighted by molar-refractivity contribution is 5.14. The van der Waals surface area contributed by atoms with Gasteiger partial charge in [0.05, 0.1) is 26.8 Å². The number of hydrogen-bond donors (Lipinski definition) is 0. The van der Waals surface area contributed by atoms with Crippen LogP contribution in [0.5, 0.6) is 0 Å². The van der Waals surface area contributed by atoms with Crippen LogP contribution in [-0.2, 0) is 6.42 Å². The third kappa shape index (κ3) is 16.4. The molecule has 28 heavy (non-hydrogen) atoms. The van der Waals surface area contributed by atoms with E-state index in [2.05, 4.69) is 63.6 Å². The van der Waals surface area contributed by atoms with Gasteiger partial charge in [-0.05, 0) is 43.7 Å². The molecule has 0 saturated heterocycles. The molecule has 0 bridgehead atoms. The minimum absolute atomic E-state index is 0. The van der Waals surface area contributed by atoms with Crippen LogP contribution in [0.25, 0.3) is 0 Å². The Kier molecular flexibility index (Phi) is 18.0. The number of rotatable bonds is 17. The number of benzene rings is 1. The van der Waals surface area contributed by atoms with Crippen molar-refractivity contribution in [2.75, 3.05) is 20.6 Å². The second kappa shape index (κ2) is 18.4. The molecule has 0 aromatic heterocycles. The summed E-state index contributed by atoms with van der Waals surface area (Å²) in [6.07, 6.45) is 24.1. The van der Waals surface area contributed by atoms with E-state index in [0.717, 1.165) is 4.48 Å². The van der Waals surface area contributed by atoms with E-state index in [0.29, 0.717) is 0 Å². The summed E-state index contributed by atoms with van der Waals surface area (Å²) in [5.41, 5.74) is 1.47. The first-order chi connectivity index (χ1) is 13.1. The van der Waals surface area contributed by atoms with Crippen molar-refractivity contribution in [2.24, 2.45) is 0 Å². The fraction of sp³-hybridized carbons (Fsp3) is 0.692. The van der Waals surface area contributed by atoms with E-state index < -0.39 is 0 Å². The minimum atomic E-state index is 0. The summed E-state index contributed by atoms with van der Waals surface area (Å²) in [4.78, 5) is 0. The van der Waals surface area contributed by atoms with Gasteiger partial charge in [0, 0.05) is 0 Å². The molecular formula is C26H46BrN. The third-order valence-electron chi connectivity index (χ3n) is 5.53. The van der Waals surface area contributed by atoms with Crippen molar-refractivity contribution in [3.05, 3.63) is 48.2 Å². The van der Waals surface area contributed by atoms with E-state index in [9.17, 15) is 0 Å². The molecule has 1 rings (SSSR count). The SMILES string of the molecule is CCCCCCCCCCCCC=C[N+](C)(C)CCCCc1ccccc1.[Br-]. The molecule has 0 aliphatic carbocycles. The Balaban J connectivity index is 0.00000729. The molecule has 0 atom stereocenters. The number of halogens is 1. The van der Waals surface area contributed by atoms with Gasteiger partial charge in [-0.3, -0.25) is 0 Å². The van der Waals surface area contributed by atoms with E-state index in [1.165, 1.54) is 102 Å². The summed E-state index contributed by atoms with van der Waals surface area (Å²) in [5.74, 6) is 0. The van der Waals surface area contributed by atoms with Crippen LogP contribution in [-0.4, -0.2) is 25.1 Å². The van der Waals surface area contributed by atoms with Crippen molar-refractivity contribution in [2.45, 2.75) is 96.8 Å². The van der Waals surface area contributed by atoms with Gasteiger partial charge in [-0.1, -0.05) is 95.0 Å². The maximum atomic E-state index is 2.42. The molecule has 0 unspecified atom stereocenters. The molecule has 162 valence electrons. The second-order valence-corrected chi connectivity index (χ2v) is 8.80. The molecule has 0 N–H and O–H groups in total. The Hall–Kier alpha value is -0.600. The van der Waals surface area contributed by atoms with E-state index in [-0.39, 0.29) is 17.0 Å². The van der Waals surface area contributed by atoms with E-state index >= 15 is 0 Å². The zero-order chi connectivity index (χ0) is 19.6. The molecule has 2 heteroatoms. The molecule has 0 aliphatic heterocycles. The average Bonchev–Trinajstić information content (AvgIpc) is 2.67. The maximum absolute atomic E-state index is 2.42. The molecule has 0 radical (unpaired) electrons. The zero-order valence-corrected chi connectivity index (χ0v) is 20.6. The van der Waals surface area contributed by atoms with Crippen LogP contribution in [0.2, 0.25) is 0 Å². The largest absolute Gasteiger partial charge is 1.00 e. The molecule has 0 spiro atoms. The highest BCUT2D eigenvalue weighted by atomic mass is 79.9. The first-order valence-electron chi connectivity index (χ1n) is 11.7. The first kappa shape index (κ1) is 27.4. The lowest BCUT2D eigenvalue weighted by Crippen LogP contribution is -3.00. The predicted molar refractivity (Wildman–Crippen MR) is 122 cm³/mol. The van der Waals surface area contributed by atoms with Crippen LogP contribution in [0.15, 0.2) is 42.6 Å². The Bertz CT molecular complexity index is 467. The van der Waals surface area contributed by atoms with E-state index in [1.54, 1.807) is 0 Å². The minimum Gasteiger partial charge on any atom is -1.00 e. The van der Waals surface area contributed by atoms with Gasteiger partial charge in [0.15, 0.2) is 0 Å².